The van der Waals surface area contributed by atoms with Gasteiger partial charge in [0.2, 0.25) is 0 Å². The predicted octanol–water partition coefficient (Wildman–Crippen LogP) is 0.668. The summed E-state index contributed by atoms with van der Waals surface area (Å²) in [4.78, 5) is 14.2. The van der Waals surface area contributed by atoms with Crippen LogP contribution in [-0.4, -0.2) is 29.6 Å². The highest BCUT2D eigenvalue weighted by atomic mass is 16.5. The molecule has 0 saturated carbocycles. The van der Waals surface area contributed by atoms with Gasteiger partial charge in [-0.1, -0.05) is 6.92 Å². The maximum absolute atomic E-state index is 10.4. The van der Waals surface area contributed by atoms with Crippen LogP contribution in [0.2, 0.25) is 0 Å². The summed E-state index contributed by atoms with van der Waals surface area (Å²) >= 11 is 0. The molecule has 1 aliphatic heterocycles. The van der Waals surface area contributed by atoms with Crippen LogP contribution in [0.3, 0.4) is 0 Å². The van der Waals surface area contributed by atoms with E-state index in [0.29, 0.717) is 5.90 Å². The molecule has 0 spiro atoms. The monoisotopic (exact) mass is 157 g/mol. The van der Waals surface area contributed by atoms with Crippen LogP contribution in [-0.2, 0) is 9.53 Å². The summed E-state index contributed by atoms with van der Waals surface area (Å²) in [6.07, 6.45) is 1.68. The molecule has 1 rings (SSSR count). The zero-order chi connectivity index (χ0) is 8.27. The third-order valence-electron chi connectivity index (χ3n) is 1.46. The van der Waals surface area contributed by atoms with Gasteiger partial charge in [0.1, 0.15) is 6.61 Å². The lowest BCUT2D eigenvalue weighted by Crippen LogP contribution is -2.18. The quantitative estimate of drug-likeness (QED) is 0.655. The first-order valence-electron chi connectivity index (χ1n) is 3.66. The van der Waals surface area contributed by atoms with Crippen molar-refractivity contribution < 1.29 is 14.6 Å². The third kappa shape index (κ3) is 1.93. The molecule has 0 aliphatic carbocycles. The van der Waals surface area contributed by atoms with Crippen molar-refractivity contribution in [3.8, 4) is 0 Å². The molecule has 1 heterocycles. The van der Waals surface area contributed by atoms with E-state index in [0.717, 1.165) is 12.8 Å². The van der Waals surface area contributed by atoms with Gasteiger partial charge in [-0.05, 0) is 6.42 Å². The number of carbonyl (C=O) groups is 1. The summed E-state index contributed by atoms with van der Waals surface area (Å²) in [6, 6.07) is -0.670. The Labute approximate surface area is 64.9 Å². The highest BCUT2D eigenvalue weighted by Gasteiger charge is 2.24. The summed E-state index contributed by atoms with van der Waals surface area (Å²) in [5.41, 5.74) is 0. The largest absolute Gasteiger partial charge is 0.480 e. The van der Waals surface area contributed by atoms with Gasteiger partial charge in [0, 0.05) is 6.42 Å². The van der Waals surface area contributed by atoms with E-state index in [4.69, 9.17) is 9.84 Å². The van der Waals surface area contributed by atoms with Gasteiger partial charge < -0.3 is 9.84 Å². The lowest BCUT2D eigenvalue weighted by molar-refractivity contribution is -0.138. The van der Waals surface area contributed by atoms with Crippen molar-refractivity contribution in [2.45, 2.75) is 25.8 Å². The molecule has 0 radical (unpaired) electrons. The summed E-state index contributed by atoms with van der Waals surface area (Å²) < 4.78 is 5.04. The van der Waals surface area contributed by atoms with E-state index < -0.39 is 12.0 Å². The van der Waals surface area contributed by atoms with Crippen LogP contribution in [0.4, 0.5) is 0 Å². The smallest absolute Gasteiger partial charge is 0.332 e. The lowest BCUT2D eigenvalue weighted by atomic mass is 10.3. The Morgan fingerprint density at radius 2 is 2.64 bits per heavy atom. The molecular formula is C7H11NO3. The molecule has 4 nitrogen and oxygen atoms in total. The maximum atomic E-state index is 10.4. The van der Waals surface area contributed by atoms with Gasteiger partial charge in [0.15, 0.2) is 11.9 Å². The van der Waals surface area contributed by atoms with Crippen molar-refractivity contribution in [3.05, 3.63) is 0 Å². The number of carboxylic acid groups (broad SMARTS) is 1. The van der Waals surface area contributed by atoms with E-state index in [9.17, 15) is 4.79 Å². The zero-order valence-electron chi connectivity index (χ0n) is 6.41. The fourth-order valence-electron chi connectivity index (χ4n) is 0.901. The molecule has 0 aromatic rings. The molecule has 0 aromatic heterocycles. The second-order valence-electron chi connectivity index (χ2n) is 2.44. The summed E-state index contributed by atoms with van der Waals surface area (Å²) in [5.74, 6) is -0.323. The molecule has 0 saturated heterocycles. The first-order chi connectivity index (χ1) is 5.24. The number of aliphatic imine (C=N–C) groups is 1. The average Bonchev–Trinajstić information content (AvgIpc) is 2.37. The SMILES string of the molecule is CCCC1=NC(C(=O)O)CO1. The van der Waals surface area contributed by atoms with Crippen molar-refractivity contribution in [3.63, 3.8) is 0 Å². The molecule has 1 atom stereocenters. The van der Waals surface area contributed by atoms with Crippen LogP contribution >= 0.6 is 0 Å². The first kappa shape index (κ1) is 8.04. The molecule has 0 fully saturated rings. The van der Waals surface area contributed by atoms with E-state index in [1.807, 2.05) is 6.92 Å². The van der Waals surface area contributed by atoms with Gasteiger partial charge in [0.05, 0.1) is 0 Å². The Morgan fingerprint density at radius 1 is 1.91 bits per heavy atom. The predicted molar refractivity (Wildman–Crippen MR) is 39.7 cm³/mol. The van der Waals surface area contributed by atoms with Crippen LogP contribution in [0, 0.1) is 0 Å². The number of ether oxygens (including phenoxy) is 1. The van der Waals surface area contributed by atoms with Crippen LogP contribution in [0.5, 0.6) is 0 Å². The van der Waals surface area contributed by atoms with E-state index >= 15 is 0 Å². The number of aliphatic carboxylic acids is 1. The standard InChI is InChI=1S/C7H11NO3/c1-2-3-6-8-5(4-11-6)7(9)10/h5H,2-4H2,1H3,(H,9,10). The summed E-state index contributed by atoms with van der Waals surface area (Å²) in [5, 5.41) is 8.51. The lowest BCUT2D eigenvalue weighted by Gasteiger charge is -1.96. The molecule has 11 heavy (non-hydrogen) atoms. The molecule has 4 heteroatoms. The van der Waals surface area contributed by atoms with Crippen molar-refractivity contribution in [2.75, 3.05) is 6.61 Å². The Hall–Kier alpha value is -1.06. The highest BCUT2D eigenvalue weighted by molar-refractivity contribution is 5.84. The fraction of sp³-hybridized carbons (Fsp3) is 0.714. The summed E-state index contributed by atoms with van der Waals surface area (Å²) in [7, 11) is 0. The minimum Gasteiger partial charge on any atom is -0.480 e. The minimum atomic E-state index is -0.906. The minimum absolute atomic E-state index is 0.199. The van der Waals surface area contributed by atoms with E-state index in [2.05, 4.69) is 4.99 Å². The molecule has 62 valence electrons. The van der Waals surface area contributed by atoms with Crippen molar-refractivity contribution >= 4 is 11.9 Å². The Balaban J connectivity index is 2.47. The van der Waals surface area contributed by atoms with Crippen molar-refractivity contribution in [1.29, 1.82) is 0 Å². The van der Waals surface area contributed by atoms with E-state index in [1.165, 1.54) is 0 Å². The van der Waals surface area contributed by atoms with Crippen LogP contribution < -0.4 is 0 Å². The Kier molecular flexibility index (Phi) is 2.46. The molecule has 0 amide bonds. The van der Waals surface area contributed by atoms with E-state index in [1.54, 1.807) is 0 Å². The second kappa shape index (κ2) is 3.37. The van der Waals surface area contributed by atoms with Crippen molar-refractivity contribution in [2.24, 2.45) is 4.99 Å². The number of hydrogen-bond acceptors (Lipinski definition) is 3. The number of hydrogen-bond donors (Lipinski definition) is 1. The fourth-order valence-corrected chi connectivity index (χ4v) is 0.901. The van der Waals surface area contributed by atoms with Gasteiger partial charge in [-0.3, -0.25) is 0 Å². The molecule has 1 unspecified atom stereocenters. The first-order valence-corrected chi connectivity index (χ1v) is 3.66. The Morgan fingerprint density at radius 3 is 3.09 bits per heavy atom. The Bertz CT molecular complexity index is 188. The van der Waals surface area contributed by atoms with Gasteiger partial charge in [0.25, 0.3) is 0 Å². The van der Waals surface area contributed by atoms with Crippen LogP contribution in [0.15, 0.2) is 4.99 Å². The van der Waals surface area contributed by atoms with Gasteiger partial charge in [-0.15, -0.1) is 0 Å². The number of nitrogens with zero attached hydrogens (tertiary/aromatic N) is 1. The number of carboxylic acids is 1. The van der Waals surface area contributed by atoms with Gasteiger partial charge >= 0.3 is 5.97 Å². The normalized spacial score (nSPS) is 22.6. The summed E-state index contributed by atoms with van der Waals surface area (Å²) in [6.45, 7) is 2.20. The topological polar surface area (TPSA) is 58.9 Å². The van der Waals surface area contributed by atoms with Crippen LogP contribution in [0.25, 0.3) is 0 Å². The molecule has 0 bridgehead atoms. The van der Waals surface area contributed by atoms with Gasteiger partial charge in [-0.2, -0.15) is 0 Å². The molecule has 1 N–H and O–H groups in total. The molecule has 1 aliphatic rings. The third-order valence-corrected chi connectivity index (χ3v) is 1.46. The van der Waals surface area contributed by atoms with Crippen LogP contribution in [0.1, 0.15) is 19.8 Å². The zero-order valence-corrected chi connectivity index (χ0v) is 6.41. The highest BCUT2D eigenvalue weighted by Crippen LogP contribution is 2.08. The van der Waals surface area contributed by atoms with Crippen molar-refractivity contribution in [1.82, 2.24) is 0 Å². The molecular weight excluding hydrogens is 146 g/mol. The van der Waals surface area contributed by atoms with E-state index in [-0.39, 0.29) is 6.61 Å². The average molecular weight is 157 g/mol. The maximum Gasteiger partial charge on any atom is 0.332 e. The number of rotatable bonds is 3. The molecule has 0 aromatic carbocycles. The van der Waals surface area contributed by atoms with Gasteiger partial charge in [-0.25, -0.2) is 9.79 Å². The second-order valence-corrected chi connectivity index (χ2v) is 2.44.